The number of non-ortho nitro benzene ring substituents is 1. The molecule has 0 saturated heterocycles. The minimum atomic E-state index is -0.791. The Morgan fingerprint density at radius 3 is 2.51 bits per heavy atom. The highest BCUT2D eigenvalue weighted by Gasteiger charge is 2.16. The van der Waals surface area contributed by atoms with Gasteiger partial charge >= 0.3 is 0 Å². The molecule has 0 spiro atoms. The quantitative estimate of drug-likeness (QED) is 0.150. The molecule has 178 valence electrons. The van der Waals surface area contributed by atoms with E-state index in [1.807, 2.05) is 6.07 Å². The van der Waals surface area contributed by atoms with Gasteiger partial charge in [0.15, 0.2) is 11.5 Å². The molecule has 3 aromatic carbocycles. The Hall–Kier alpha value is -3.77. The first-order valence-corrected chi connectivity index (χ1v) is 11.0. The van der Waals surface area contributed by atoms with Gasteiger partial charge in [0.1, 0.15) is 18.2 Å². The summed E-state index contributed by atoms with van der Waals surface area (Å²) >= 11 is 18.1. The number of benzene rings is 3. The number of carbonyl (C=O) groups is 1. The molecule has 0 aliphatic heterocycles. The molecule has 0 aliphatic rings. The number of anilines is 1. The van der Waals surface area contributed by atoms with Gasteiger partial charge in [-0.2, -0.15) is 5.26 Å². The fraction of sp³-hybridized carbons (Fsp3) is 0.0833. The molecule has 35 heavy (non-hydrogen) atoms. The lowest BCUT2D eigenvalue weighted by Gasteiger charge is -2.13. The van der Waals surface area contributed by atoms with Crippen molar-refractivity contribution in [2.24, 2.45) is 0 Å². The Labute approximate surface area is 215 Å². The molecule has 3 rings (SSSR count). The molecule has 8 nitrogen and oxygen atoms in total. The normalized spacial score (nSPS) is 10.9. The van der Waals surface area contributed by atoms with E-state index in [1.165, 1.54) is 25.3 Å². The molecule has 0 atom stereocenters. The summed E-state index contributed by atoms with van der Waals surface area (Å²) < 4.78 is 11.2. The number of nitriles is 1. The molecule has 0 aliphatic carbocycles. The molecule has 0 unspecified atom stereocenters. The van der Waals surface area contributed by atoms with Gasteiger partial charge in [-0.05, 0) is 42.0 Å². The van der Waals surface area contributed by atoms with Gasteiger partial charge in [0.05, 0.1) is 22.7 Å². The van der Waals surface area contributed by atoms with E-state index in [9.17, 15) is 20.2 Å². The van der Waals surface area contributed by atoms with Gasteiger partial charge in [-0.1, -0.05) is 46.9 Å². The average molecular weight is 533 g/mol. The summed E-state index contributed by atoms with van der Waals surface area (Å²) in [7, 11) is 1.48. The number of methoxy groups -OCH3 is 1. The number of nitrogens with one attached hydrogen (secondary N) is 1. The summed E-state index contributed by atoms with van der Waals surface area (Å²) in [4.78, 5) is 23.0. The second kappa shape index (κ2) is 11.6. The van der Waals surface area contributed by atoms with Crippen LogP contribution in [0.3, 0.4) is 0 Å². The van der Waals surface area contributed by atoms with E-state index in [0.29, 0.717) is 32.7 Å². The number of ether oxygens (including phenoxy) is 2. The van der Waals surface area contributed by atoms with Gasteiger partial charge in [-0.25, -0.2) is 0 Å². The van der Waals surface area contributed by atoms with Crippen molar-refractivity contribution in [1.82, 2.24) is 0 Å². The summed E-state index contributed by atoms with van der Waals surface area (Å²) in [5.41, 5.74) is 0.657. The standard InChI is InChI=1S/C24H16Cl3N3O5/c1-34-22-7-2-14(9-23(22)35-13-15-3-4-17(25)10-20(15)27)8-16(12-28)24(31)29-21-11-18(30(32)33)5-6-19(21)26/h2-11H,13H2,1H3,(H,29,31)/b16-8+. The molecular weight excluding hydrogens is 517 g/mol. The fourth-order valence-corrected chi connectivity index (χ4v) is 3.55. The van der Waals surface area contributed by atoms with Crippen LogP contribution in [0.1, 0.15) is 11.1 Å². The molecule has 1 amide bonds. The van der Waals surface area contributed by atoms with Crippen LogP contribution in [0, 0.1) is 21.4 Å². The maximum Gasteiger partial charge on any atom is 0.271 e. The van der Waals surface area contributed by atoms with Crippen LogP contribution in [0.4, 0.5) is 11.4 Å². The number of hydrogen-bond acceptors (Lipinski definition) is 6. The number of halogens is 3. The van der Waals surface area contributed by atoms with Crippen molar-refractivity contribution in [3.8, 4) is 17.6 Å². The Kier molecular flexibility index (Phi) is 8.55. The number of nitro groups is 1. The van der Waals surface area contributed by atoms with Crippen molar-refractivity contribution < 1.29 is 19.2 Å². The predicted molar refractivity (Wildman–Crippen MR) is 134 cm³/mol. The third kappa shape index (κ3) is 6.64. The third-order valence-electron chi connectivity index (χ3n) is 4.67. The van der Waals surface area contributed by atoms with E-state index in [-0.39, 0.29) is 28.6 Å². The maximum atomic E-state index is 12.7. The van der Waals surface area contributed by atoms with E-state index in [0.717, 1.165) is 6.07 Å². The van der Waals surface area contributed by atoms with Crippen molar-refractivity contribution in [1.29, 1.82) is 5.26 Å². The SMILES string of the molecule is COc1ccc(/C=C(\C#N)C(=O)Nc2cc([N+](=O)[O-])ccc2Cl)cc1OCc1ccc(Cl)cc1Cl. The van der Waals surface area contributed by atoms with Crippen molar-refractivity contribution in [2.75, 3.05) is 12.4 Å². The molecule has 0 aromatic heterocycles. The highest BCUT2D eigenvalue weighted by molar-refractivity contribution is 6.35. The Balaban J connectivity index is 1.84. The Morgan fingerprint density at radius 1 is 1.09 bits per heavy atom. The first-order valence-electron chi connectivity index (χ1n) is 9.83. The minimum Gasteiger partial charge on any atom is -0.493 e. The van der Waals surface area contributed by atoms with Crippen LogP contribution in [0.25, 0.3) is 6.08 Å². The molecule has 1 N–H and O–H groups in total. The highest BCUT2D eigenvalue weighted by Crippen LogP contribution is 2.31. The van der Waals surface area contributed by atoms with Crippen molar-refractivity contribution >= 4 is 58.2 Å². The summed E-state index contributed by atoms with van der Waals surface area (Å²) in [6.45, 7) is 0.121. The Morgan fingerprint density at radius 2 is 1.86 bits per heavy atom. The summed E-state index contributed by atoms with van der Waals surface area (Å²) in [5.74, 6) is -0.00797. The minimum absolute atomic E-state index is 0.00520. The highest BCUT2D eigenvalue weighted by atomic mass is 35.5. The van der Waals surface area contributed by atoms with Crippen LogP contribution in [0.15, 0.2) is 60.2 Å². The first kappa shape index (κ1) is 25.8. The topological polar surface area (TPSA) is 114 Å². The molecular formula is C24H16Cl3N3O5. The van der Waals surface area contributed by atoms with Crippen LogP contribution < -0.4 is 14.8 Å². The summed E-state index contributed by atoms with van der Waals surface area (Å²) in [5, 5.41) is 24.0. The van der Waals surface area contributed by atoms with E-state index >= 15 is 0 Å². The molecule has 11 heteroatoms. The average Bonchev–Trinajstić information content (AvgIpc) is 2.83. The number of rotatable bonds is 8. The largest absolute Gasteiger partial charge is 0.493 e. The Bertz CT molecular complexity index is 1370. The molecule has 0 fully saturated rings. The number of hydrogen-bond donors (Lipinski definition) is 1. The lowest BCUT2D eigenvalue weighted by atomic mass is 10.1. The zero-order chi connectivity index (χ0) is 25.5. The number of nitrogens with zero attached hydrogens (tertiary/aromatic N) is 2. The number of carbonyl (C=O) groups excluding carboxylic acids is 1. The molecule has 0 saturated carbocycles. The third-order valence-corrected chi connectivity index (χ3v) is 5.59. The zero-order valence-corrected chi connectivity index (χ0v) is 20.3. The van der Waals surface area contributed by atoms with Gasteiger partial charge in [-0.3, -0.25) is 14.9 Å². The second-order valence-electron chi connectivity index (χ2n) is 6.98. The van der Waals surface area contributed by atoms with E-state index < -0.39 is 10.8 Å². The van der Waals surface area contributed by atoms with Crippen molar-refractivity contribution in [3.05, 3.63) is 96.5 Å². The predicted octanol–water partition coefficient (Wildman–Crippen LogP) is 6.69. The van der Waals surface area contributed by atoms with E-state index in [2.05, 4.69) is 5.32 Å². The van der Waals surface area contributed by atoms with Crippen molar-refractivity contribution in [3.63, 3.8) is 0 Å². The summed E-state index contributed by atoms with van der Waals surface area (Å²) in [6, 6.07) is 15.3. The lowest BCUT2D eigenvalue weighted by molar-refractivity contribution is -0.384. The van der Waals surface area contributed by atoms with Gasteiger partial charge in [0.25, 0.3) is 11.6 Å². The second-order valence-corrected chi connectivity index (χ2v) is 8.23. The number of amides is 1. The molecule has 0 radical (unpaired) electrons. The van der Waals surface area contributed by atoms with Crippen molar-refractivity contribution in [2.45, 2.75) is 6.61 Å². The van der Waals surface area contributed by atoms with Crippen LogP contribution in [0.2, 0.25) is 15.1 Å². The van der Waals surface area contributed by atoms with E-state index in [1.54, 1.807) is 36.4 Å². The molecule has 0 bridgehead atoms. The van der Waals surface area contributed by atoms with Crippen LogP contribution in [-0.4, -0.2) is 17.9 Å². The van der Waals surface area contributed by atoms with E-state index in [4.69, 9.17) is 44.3 Å². The zero-order valence-electron chi connectivity index (χ0n) is 18.1. The first-order chi connectivity index (χ1) is 16.7. The summed E-state index contributed by atoms with van der Waals surface area (Å²) in [6.07, 6.45) is 1.34. The van der Waals surface area contributed by atoms with Gasteiger partial charge in [0, 0.05) is 27.7 Å². The van der Waals surface area contributed by atoms with Gasteiger partial charge in [0.2, 0.25) is 0 Å². The monoisotopic (exact) mass is 531 g/mol. The smallest absolute Gasteiger partial charge is 0.271 e. The van der Waals surface area contributed by atoms with Gasteiger partial charge in [-0.15, -0.1) is 0 Å². The molecule has 3 aromatic rings. The fourth-order valence-electron chi connectivity index (χ4n) is 2.92. The maximum absolute atomic E-state index is 12.7. The van der Waals surface area contributed by atoms with Gasteiger partial charge < -0.3 is 14.8 Å². The van der Waals surface area contributed by atoms with Crippen LogP contribution >= 0.6 is 34.8 Å². The lowest BCUT2D eigenvalue weighted by Crippen LogP contribution is -2.14. The van der Waals surface area contributed by atoms with Crippen LogP contribution in [-0.2, 0) is 11.4 Å². The van der Waals surface area contributed by atoms with Crippen LogP contribution in [0.5, 0.6) is 11.5 Å². The molecule has 0 heterocycles. The number of nitro benzene ring substituents is 1.